The van der Waals surface area contributed by atoms with Crippen LogP contribution in [-0.4, -0.2) is 5.91 Å². The van der Waals surface area contributed by atoms with E-state index in [1.54, 1.807) is 0 Å². The summed E-state index contributed by atoms with van der Waals surface area (Å²) in [5.41, 5.74) is 6.03. The Morgan fingerprint density at radius 3 is 1.81 bits per heavy atom. The number of carbonyl (C=O) groups is 1. The molecule has 88 valence electrons. The van der Waals surface area contributed by atoms with E-state index < -0.39 is 0 Å². The van der Waals surface area contributed by atoms with Crippen LogP contribution in [0.25, 0.3) is 0 Å². The van der Waals surface area contributed by atoms with Crippen LogP contribution in [0.1, 0.15) is 44.9 Å². The van der Waals surface area contributed by atoms with Crippen molar-refractivity contribution in [2.24, 2.45) is 40.7 Å². The topological polar surface area (TPSA) is 43.1 Å². The van der Waals surface area contributed by atoms with Gasteiger partial charge in [-0.05, 0) is 74.0 Å². The van der Waals surface area contributed by atoms with Crippen LogP contribution in [0.5, 0.6) is 0 Å². The molecule has 0 aromatic heterocycles. The first kappa shape index (κ1) is 9.49. The molecule has 5 saturated carbocycles. The van der Waals surface area contributed by atoms with Gasteiger partial charge in [-0.25, -0.2) is 0 Å². The maximum Gasteiger partial charge on any atom is 0.220 e. The van der Waals surface area contributed by atoms with Crippen molar-refractivity contribution in [2.75, 3.05) is 0 Å². The van der Waals surface area contributed by atoms with Crippen molar-refractivity contribution >= 4 is 5.91 Å². The smallest absolute Gasteiger partial charge is 0.220 e. The van der Waals surface area contributed by atoms with Crippen LogP contribution in [0.4, 0.5) is 0 Å². The van der Waals surface area contributed by atoms with Crippen LogP contribution in [0, 0.1) is 35.0 Å². The summed E-state index contributed by atoms with van der Waals surface area (Å²) in [6, 6.07) is 0. The number of primary amides is 1. The molecule has 0 unspecified atom stereocenters. The van der Waals surface area contributed by atoms with Gasteiger partial charge in [0.15, 0.2) is 0 Å². The molecule has 2 heteroatoms. The molecule has 0 saturated heterocycles. The first-order valence-electron chi connectivity index (χ1n) is 6.95. The number of carbonyl (C=O) groups excluding carboxylic acids is 1. The predicted octanol–water partition coefficient (Wildman–Crippen LogP) is 2.32. The van der Waals surface area contributed by atoms with Gasteiger partial charge in [0, 0.05) is 5.92 Å². The van der Waals surface area contributed by atoms with Gasteiger partial charge in [-0.1, -0.05) is 0 Å². The van der Waals surface area contributed by atoms with E-state index in [0.717, 1.165) is 24.2 Å². The van der Waals surface area contributed by atoms with Gasteiger partial charge in [-0.15, -0.1) is 0 Å². The standard InChI is InChI=1S/C14H21NO/c15-13(16)11-4-12(11)14-5-8-1-9(6-14)3-10(2-8)7-14/h8-12H,1-7H2,(H2,15,16)/t8?,9?,10?,11-,12-,14?/m1/s1. The Labute approximate surface area is 97.0 Å². The third-order valence-electron chi connectivity index (χ3n) is 6.03. The first-order chi connectivity index (χ1) is 7.66. The molecule has 0 heterocycles. The van der Waals surface area contributed by atoms with Crippen molar-refractivity contribution < 1.29 is 4.79 Å². The summed E-state index contributed by atoms with van der Waals surface area (Å²) in [4.78, 5) is 11.3. The van der Waals surface area contributed by atoms with E-state index in [2.05, 4.69) is 0 Å². The average molecular weight is 219 g/mol. The molecular weight excluding hydrogens is 198 g/mol. The normalized spacial score (nSPS) is 57.6. The maximum atomic E-state index is 11.3. The quantitative estimate of drug-likeness (QED) is 0.761. The van der Waals surface area contributed by atoms with Crippen molar-refractivity contribution in [3.05, 3.63) is 0 Å². The first-order valence-corrected chi connectivity index (χ1v) is 6.95. The molecule has 1 amide bonds. The molecule has 0 aromatic carbocycles. The number of amides is 1. The van der Waals surface area contributed by atoms with Crippen molar-refractivity contribution in [2.45, 2.75) is 44.9 Å². The zero-order chi connectivity index (χ0) is 10.9. The second-order valence-electron chi connectivity index (χ2n) is 7.13. The van der Waals surface area contributed by atoms with Crippen LogP contribution in [0.2, 0.25) is 0 Å². The van der Waals surface area contributed by atoms with Crippen molar-refractivity contribution in [3.8, 4) is 0 Å². The van der Waals surface area contributed by atoms with Gasteiger partial charge in [-0.3, -0.25) is 4.79 Å². The van der Waals surface area contributed by atoms with E-state index in [1.165, 1.54) is 38.5 Å². The number of rotatable bonds is 2. The molecule has 5 aliphatic rings. The van der Waals surface area contributed by atoms with Crippen molar-refractivity contribution in [3.63, 3.8) is 0 Å². The molecule has 2 nitrogen and oxygen atoms in total. The molecule has 5 rings (SSSR count). The third-order valence-corrected chi connectivity index (χ3v) is 6.03. The zero-order valence-electron chi connectivity index (χ0n) is 9.82. The van der Waals surface area contributed by atoms with E-state index in [-0.39, 0.29) is 11.8 Å². The van der Waals surface area contributed by atoms with Gasteiger partial charge in [-0.2, -0.15) is 0 Å². The Hall–Kier alpha value is -0.530. The fourth-order valence-corrected chi connectivity index (χ4v) is 5.82. The van der Waals surface area contributed by atoms with Gasteiger partial charge in [0.2, 0.25) is 5.91 Å². The second kappa shape index (κ2) is 2.83. The summed E-state index contributed by atoms with van der Waals surface area (Å²) < 4.78 is 0. The molecule has 0 spiro atoms. The Morgan fingerprint density at radius 2 is 1.44 bits per heavy atom. The second-order valence-corrected chi connectivity index (χ2v) is 7.13. The lowest BCUT2D eigenvalue weighted by Gasteiger charge is -2.57. The summed E-state index contributed by atoms with van der Waals surface area (Å²) in [6.45, 7) is 0. The summed E-state index contributed by atoms with van der Waals surface area (Å²) in [5, 5.41) is 0. The van der Waals surface area contributed by atoms with Gasteiger partial charge >= 0.3 is 0 Å². The summed E-state index contributed by atoms with van der Waals surface area (Å²) in [7, 11) is 0. The Kier molecular flexibility index (Phi) is 1.68. The Morgan fingerprint density at radius 1 is 0.938 bits per heavy atom. The van der Waals surface area contributed by atoms with Crippen LogP contribution in [0.3, 0.4) is 0 Å². The molecule has 2 N–H and O–H groups in total. The van der Waals surface area contributed by atoms with Gasteiger partial charge in [0.1, 0.15) is 0 Å². The number of hydrogen-bond acceptors (Lipinski definition) is 1. The number of nitrogens with two attached hydrogens (primary N) is 1. The van der Waals surface area contributed by atoms with Crippen LogP contribution in [0.15, 0.2) is 0 Å². The molecule has 16 heavy (non-hydrogen) atoms. The lowest BCUT2D eigenvalue weighted by Crippen LogP contribution is -2.47. The fourth-order valence-electron chi connectivity index (χ4n) is 5.82. The van der Waals surface area contributed by atoms with E-state index in [9.17, 15) is 4.79 Å². The van der Waals surface area contributed by atoms with Gasteiger partial charge < -0.3 is 5.73 Å². The zero-order valence-corrected chi connectivity index (χ0v) is 9.82. The van der Waals surface area contributed by atoms with E-state index >= 15 is 0 Å². The van der Waals surface area contributed by atoms with Gasteiger partial charge in [0.25, 0.3) is 0 Å². The minimum absolute atomic E-state index is 0.0271. The molecule has 0 radical (unpaired) electrons. The number of hydrogen-bond donors (Lipinski definition) is 1. The molecule has 4 bridgehead atoms. The van der Waals surface area contributed by atoms with Crippen molar-refractivity contribution in [1.29, 1.82) is 0 Å². The average Bonchev–Trinajstić information content (AvgIpc) is 2.94. The minimum atomic E-state index is -0.0271. The molecule has 5 aliphatic carbocycles. The Bertz CT molecular complexity index is 313. The third kappa shape index (κ3) is 1.16. The van der Waals surface area contributed by atoms with E-state index in [1.807, 2.05) is 0 Å². The van der Waals surface area contributed by atoms with Gasteiger partial charge in [0.05, 0.1) is 0 Å². The highest BCUT2D eigenvalue weighted by Gasteiger charge is 2.61. The summed E-state index contributed by atoms with van der Waals surface area (Å²) in [5.74, 6) is 3.90. The highest BCUT2D eigenvalue weighted by Crippen LogP contribution is 2.68. The predicted molar refractivity (Wildman–Crippen MR) is 61.4 cm³/mol. The molecule has 0 aliphatic heterocycles. The molecule has 2 atom stereocenters. The monoisotopic (exact) mass is 219 g/mol. The SMILES string of the molecule is NC(=O)[C@@H]1C[C@H]1C12CC3CC(CC(C3)C1)C2. The highest BCUT2D eigenvalue weighted by atomic mass is 16.1. The largest absolute Gasteiger partial charge is 0.369 e. The lowest BCUT2D eigenvalue weighted by atomic mass is 9.48. The minimum Gasteiger partial charge on any atom is -0.369 e. The van der Waals surface area contributed by atoms with Crippen LogP contribution < -0.4 is 5.73 Å². The Balaban J connectivity index is 1.61. The van der Waals surface area contributed by atoms with Crippen molar-refractivity contribution in [1.82, 2.24) is 0 Å². The fraction of sp³-hybridized carbons (Fsp3) is 0.929. The highest BCUT2D eigenvalue weighted by molar-refractivity contribution is 5.79. The van der Waals surface area contributed by atoms with Crippen LogP contribution in [-0.2, 0) is 4.79 Å². The maximum absolute atomic E-state index is 11.3. The molecule has 5 fully saturated rings. The van der Waals surface area contributed by atoms with E-state index in [0.29, 0.717) is 11.3 Å². The van der Waals surface area contributed by atoms with E-state index in [4.69, 9.17) is 5.73 Å². The van der Waals surface area contributed by atoms with Crippen LogP contribution >= 0.6 is 0 Å². The summed E-state index contributed by atoms with van der Waals surface area (Å²) in [6.07, 6.45) is 9.86. The molecular formula is C14H21NO. The summed E-state index contributed by atoms with van der Waals surface area (Å²) >= 11 is 0. The molecule has 0 aromatic rings. The lowest BCUT2D eigenvalue weighted by molar-refractivity contribution is -0.121.